The van der Waals surface area contributed by atoms with Gasteiger partial charge in [-0.2, -0.15) is 0 Å². The van der Waals surface area contributed by atoms with Crippen LogP contribution in [-0.4, -0.2) is 34.7 Å². The summed E-state index contributed by atoms with van der Waals surface area (Å²) in [5.74, 6) is 0.322. The molecule has 0 bridgehead atoms. The van der Waals surface area contributed by atoms with Gasteiger partial charge in [-0.1, -0.05) is 69.0 Å². The molecule has 2 amide bonds. The molecule has 1 aromatic heterocycles. The number of hydrogen-bond donors (Lipinski definition) is 0. The number of hydrogen-bond acceptors (Lipinski definition) is 3. The SMILES string of the molecule is CCCCN(CC(=O)N(Cc1ccccc1)Cc1cccs1)C(=O)C1CCCCC1. The molecule has 1 fully saturated rings. The van der Waals surface area contributed by atoms with Crippen LogP contribution in [0.5, 0.6) is 0 Å². The summed E-state index contributed by atoms with van der Waals surface area (Å²) in [6, 6.07) is 14.2. The lowest BCUT2D eigenvalue weighted by atomic mass is 9.88. The van der Waals surface area contributed by atoms with Gasteiger partial charge in [0.2, 0.25) is 11.8 Å². The topological polar surface area (TPSA) is 40.6 Å². The summed E-state index contributed by atoms with van der Waals surface area (Å²) in [4.78, 5) is 31.5. The predicted octanol–water partition coefficient (Wildman–Crippen LogP) is 5.49. The third-order valence-corrected chi connectivity index (χ3v) is 6.73. The number of nitrogens with zero attached hydrogens (tertiary/aromatic N) is 2. The number of benzene rings is 1. The summed E-state index contributed by atoms with van der Waals surface area (Å²) < 4.78 is 0. The number of amides is 2. The monoisotopic (exact) mass is 426 g/mol. The van der Waals surface area contributed by atoms with Crippen molar-refractivity contribution in [3.63, 3.8) is 0 Å². The first-order chi connectivity index (χ1) is 14.7. The maximum Gasteiger partial charge on any atom is 0.242 e. The summed E-state index contributed by atoms with van der Waals surface area (Å²) in [7, 11) is 0. The molecule has 5 heteroatoms. The highest BCUT2D eigenvalue weighted by molar-refractivity contribution is 7.09. The number of unbranched alkanes of at least 4 members (excludes halogenated alkanes) is 1. The van der Waals surface area contributed by atoms with Crippen molar-refractivity contribution in [2.24, 2.45) is 5.92 Å². The lowest BCUT2D eigenvalue weighted by molar-refractivity contribution is -0.144. The van der Waals surface area contributed by atoms with Crippen LogP contribution in [-0.2, 0) is 22.7 Å². The van der Waals surface area contributed by atoms with Crippen LogP contribution in [0.15, 0.2) is 47.8 Å². The second-order valence-electron chi connectivity index (χ2n) is 8.26. The van der Waals surface area contributed by atoms with Gasteiger partial charge in [0, 0.05) is 23.9 Å². The summed E-state index contributed by atoms with van der Waals surface area (Å²) in [6.07, 6.45) is 7.39. The largest absolute Gasteiger partial charge is 0.333 e. The maximum absolute atomic E-state index is 13.4. The summed E-state index contributed by atoms with van der Waals surface area (Å²) >= 11 is 1.67. The van der Waals surface area contributed by atoms with Crippen molar-refractivity contribution in [2.45, 2.75) is 65.0 Å². The molecule has 0 aliphatic heterocycles. The van der Waals surface area contributed by atoms with E-state index in [0.717, 1.165) is 49.0 Å². The van der Waals surface area contributed by atoms with Crippen molar-refractivity contribution in [1.82, 2.24) is 9.80 Å². The molecule has 1 aliphatic carbocycles. The van der Waals surface area contributed by atoms with E-state index in [1.54, 1.807) is 11.3 Å². The molecule has 0 N–H and O–H groups in total. The smallest absolute Gasteiger partial charge is 0.242 e. The molecule has 2 aromatic rings. The molecular formula is C25H34N2O2S. The van der Waals surface area contributed by atoms with Crippen LogP contribution in [0.3, 0.4) is 0 Å². The molecule has 30 heavy (non-hydrogen) atoms. The molecule has 1 saturated carbocycles. The molecule has 1 heterocycles. The second-order valence-corrected chi connectivity index (χ2v) is 9.30. The molecule has 1 aromatic carbocycles. The Labute approximate surface area is 184 Å². The molecular weight excluding hydrogens is 392 g/mol. The van der Waals surface area contributed by atoms with Crippen LogP contribution >= 0.6 is 11.3 Å². The van der Waals surface area contributed by atoms with Gasteiger partial charge in [-0.15, -0.1) is 11.3 Å². The van der Waals surface area contributed by atoms with Gasteiger partial charge < -0.3 is 9.80 Å². The van der Waals surface area contributed by atoms with Gasteiger partial charge >= 0.3 is 0 Å². The van der Waals surface area contributed by atoms with Crippen LogP contribution in [0, 0.1) is 5.92 Å². The standard InChI is InChI=1S/C25H34N2O2S/c1-2-3-16-26(25(29)22-13-8-5-9-14-22)20-24(28)27(19-23-15-10-17-30-23)18-21-11-6-4-7-12-21/h4,6-7,10-12,15,17,22H,2-3,5,8-9,13-14,16,18-20H2,1H3. The zero-order valence-electron chi connectivity index (χ0n) is 18.1. The van der Waals surface area contributed by atoms with Gasteiger partial charge in [0.1, 0.15) is 0 Å². The Bertz CT molecular complexity index is 770. The highest BCUT2D eigenvalue weighted by Crippen LogP contribution is 2.26. The van der Waals surface area contributed by atoms with Crippen LogP contribution in [0.1, 0.15) is 62.3 Å². The van der Waals surface area contributed by atoms with Gasteiger partial charge in [0.15, 0.2) is 0 Å². The zero-order valence-corrected chi connectivity index (χ0v) is 18.9. The minimum atomic E-state index is 0.0347. The number of rotatable bonds is 10. The van der Waals surface area contributed by atoms with Crippen molar-refractivity contribution >= 4 is 23.2 Å². The molecule has 4 nitrogen and oxygen atoms in total. The first-order valence-corrected chi connectivity index (χ1v) is 12.2. The van der Waals surface area contributed by atoms with Crippen molar-refractivity contribution in [1.29, 1.82) is 0 Å². The Balaban J connectivity index is 1.71. The molecule has 0 atom stereocenters. The van der Waals surface area contributed by atoms with Crippen LogP contribution < -0.4 is 0 Å². The normalized spacial score (nSPS) is 14.4. The predicted molar refractivity (Wildman–Crippen MR) is 123 cm³/mol. The molecule has 162 valence electrons. The lowest BCUT2D eigenvalue weighted by Crippen LogP contribution is -2.45. The molecule has 1 aliphatic rings. The maximum atomic E-state index is 13.4. The highest BCUT2D eigenvalue weighted by atomic mass is 32.1. The molecule has 3 rings (SSSR count). The third-order valence-electron chi connectivity index (χ3n) is 5.87. The minimum Gasteiger partial charge on any atom is -0.333 e. The van der Waals surface area contributed by atoms with Gasteiger partial charge in [-0.3, -0.25) is 9.59 Å². The van der Waals surface area contributed by atoms with E-state index in [2.05, 4.69) is 25.1 Å². The fraction of sp³-hybridized carbons (Fsp3) is 0.520. The van der Waals surface area contributed by atoms with E-state index in [-0.39, 0.29) is 24.3 Å². The van der Waals surface area contributed by atoms with Crippen LogP contribution in [0.4, 0.5) is 0 Å². The number of carbonyl (C=O) groups is 2. The Morgan fingerprint density at radius 3 is 2.40 bits per heavy atom. The van der Waals surface area contributed by atoms with Crippen molar-refractivity contribution in [2.75, 3.05) is 13.1 Å². The van der Waals surface area contributed by atoms with Crippen molar-refractivity contribution < 1.29 is 9.59 Å². The molecule has 0 saturated heterocycles. The van der Waals surface area contributed by atoms with E-state index >= 15 is 0 Å². The average Bonchev–Trinajstić information content (AvgIpc) is 3.30. The van der Waals surface area contributed by atoms with E-state index in [0.29, 0.717) is 19.6 Å². The van der Waals surface area contributed by atoms with E-state index in [4.69, 9.17) is 0 Å². The summed E-state index contributed by atoms with van der Waals surface area (Å²) in [5, 5.41) is 2.04. The Morgan fingerprint density at radius 2 is 1.73 bits per heavy atom. The second kappa shape index (κ2) is 11.9. The van der Waals surface area contributed by atoms with Crippen molar-refractivity contribution in [3.8, 4) is 0 Å². The van der Waals surface area contributed by atoms with E-state index in [1.807, 2.05) is 39.4 Å². The first kappa shape index (κ1) is 22.5. The number of carbonyl (C=O) groups excluding carboxylic acids is 2. The first-order valence-electron chi connectivity index (χ1n) is 11.3. The van der Waals surface area contributed by atoms with E-state index in [9.17, 15) is 9.59 Å². The quantitative estimate of drug-likeness (QED) is 0.504. The van der Waals surface area contributed by atoms with Gasteiger partial charge in [-0.05, 0) is 36.3 Å². The minimum absolute atomic E-state index is 0.0347. The van der Waals surface area contributed by atoms with Gasteiger partial charge in [-0.25, -0.2) is 0 Å². The van der Waals surface area contributed by atoms with Crippen LogP contribution in [0.25, 0.3) is 0 Å². The number of thiophene rings is 1. The van der Waals surface area contributed by atoms with Crippen LogP contribution in [0.2, 0.25) is 0 Å². The Hall–Kier alpha value is -2.14. The van der Waals surface area contributed by atoms with E-state index < -0.39 is 0 Å². The Morgan fingerprint density at radius 1 is 0.967 bits per heavy atom. The molecule has 0 spiro atoms. The average molecular weight is 427 g/mol. The lowest BCUT2D eigenvalue weighted by Gasteiger charge is -2.31. The summed E-state index contributed by atoms with van der Waals surface area (Å²) in [6.45, 7) is 4.15. The highest BCUT2D eigenvalue weighted by Gasteiger charge is 2.28. The molecule has 0 radical (unpaired) electrons. The fourth-order valence-electron chi connectivity index (χ4n) is 4.11. The van der Waals surface area contributed by atoms with Gasteiger partial charge in [0.05, 0.1) is 13.1 Å². The summed E-state index contributed by atoms with van der Waals surface area (Å²) in [5.41, 5.74) is 1.11. The Kier molecular flexibility index (Phi) is 8.94. The third kappa shape index (κ3) is 6.69. The zero-order chi connectivity index (χ0) is 21.2. The van der Waals surface area contributed by atoms with E-state index in [1.165, 1.54) is 6.42 Å². The van der Waals surface area contributed by atoms with Gasteiger partial charge in [0.25, 0.3) is 0 Å². The molecule has 0 unspecified atom stereocenters. The fourth-order valence-corrected chi connectivity index (χ4v) is 4.83. The van der Waals surface area contributed by atoms with Crippen molar-refractivity contribution in [3.05, 3.63) is 58.3 Å².